The van der Waals surface area contributed by atoms with Crippen LogP contribution in [0.2, 0.25) is 0 Å². The molecule has 0 saturated carbocycles. The number of halogens is 3. The Morgan fingerprint density at radius 3 is 2.52 bits per heavy atom. The Bertz CT molecular complexity index is 596. The summed E-state index contributed by atoms with van der Waals surface area (Å²) in [4.78, 5) is 17.4. The van der Waals surface area contributed by atoms with Gasteiger partial charge in [-0.05, 0) is 24.3 Å². The molecule has 1 heterocycles. The van der Waals surface area contributed by atoms with Crippen LogP contribution in [0.1, 0.15) is 6.92 Å². The lowest BCUT2D eigenvalue weighted by Crippen LogP contribution is -2.24. The van der Waals surface area contributed by atoms with E-state index in [1.807, 2.05) is 0 Å². The molecule has 0 N–H and O–H groups in total. The van der Waals surface area contributed by atoms with Gasteiger partial charge in [-0.15, -0.1) is 13.2 Å². The van der Waals surface area contributed by atoms with E-state index in [0.29, 0.717) is 17.4 Å². The quantitative estimate of drug-likeness (QED) is 0.837. The van der Waals surface area contributed by atoms with Crippen LogP contribution < -0.4 is 9.64 Å². The Balaban J connectivity index is 2.21. The number of benzene rings is 1. The number of carbonyl (C=O) groups excluding carboxylic acids is 1. The number of hydrogen-bond acceptors (Lipinski definition) is 3. The largest absolute Gasteiger partial charge is 0.573 e. The van der Waals surface area contributed by atoms with Gasteiger partial charge in [0.15, 0.2) is 5.17 Å². The van der Waals surface area contributed by atoms with Crippen LogP contribution in [-0.2, 0) is 4.79 Å². The van der Waals surface area contributed by atoms with E-state index >= 15 is 0 Å². The molecule has 0 atom stereocenters. The van der Waals surface area contributed by atoms with Gasteiger partial charge in [0, 0.05) is 17.5 Å². The first kappa shape index (κ1) is 15.4. The first-order valence-corrected chi connectivity index (χ1v) is 6.64. The van der Waals surface area contributed by atoms with Crippen molar-refractivity contribution in [1.29, 1.82) is 0 Å². The number of amidine groups is 1. The average Bonchev–Trinajstić information content (AvgIpc) is 2.68. The summed E-state index contributed by atoms with van der Waals surface area (Å²) in [6.07, 6.45) is -4.72. The zero-order chi connectivity index (χ0) is 15.6. The summed E-state index contributed by atoms with van der Waals surface area (Å²) < 4.78 is 40.1. The lowest BCUT2D eigenvalue weighted by atomic mass is 10.3. The number of anilines is 1. The molecule has 0 unspecified atom stereocenters. The van der Waals surface area contributed by atoms with Gasteiger partial charge in [0.25, 0.3) is 0 Å². The number of ether oxygens (including phenoxy) is 1. The van der Waals surface area contributed by atoms with Crippen molar-refractivity contribution in [3.8, 4) is 5.75 Å². The topological polar surface area (TPSA) is 41.9 Å². The standard InChI is InChI=1S/C13H11F3N2O2S/c1-8-7-18(12(21-8)17-9(2)19)10-3-5-11(6-4-10)20-13(14,15)16/h3-6H,1,7H2,2H3/b17-12-. The van der Waals surface area contributed by atoms with Crippen molar-refractivity contribution in [3.63, 3.8) is 0 Å². The summed E-state index contributed by atoms with van der Waals surface area (Å²) in [5.74, 6) is -0.656. The highest BCUT2D eigenvalue weighted by molar-refractivity contribution is 8.18. The van der Waals surface area contributed by atoms with Crippen molar-refractivity contribution in [2.24, 2.45) is 4.99 Å². The van der Waals surface area contributed by atoms with Gasteiger partial charge in [-0.3, -0.25) is 4.79 Å². The van der Waals surface area contributed by atoms with Crippen LogP contribution in [0.25, 0.3) is 0 Å². The predicted molar refractivity (Wildman–Crippen MR) is 75.3 cm³/mol. The van der Waals surface area contributed by atoms with Gasteiger partial charge in [0.1, 0.15) is 5.75 Å². The molecule has 112 valence electrons. The first-order valence-electron chi connectivity index (χ1n) is 5.83. The normalized spacial score (nSPS) is 17.4. The number of amides is 1. The van der Waals surface area contributed by atoms with Gasteiger partial charge in [0.2, 0.25) is 5.91 Å². The van der Waals surface area contributed by atoms with Crippen molar-refractivity contribution in [2.45, 2.75) is 13.3 Å². The van der Waals surface area contributed by atoms with Crippen LogP contribution in [-0.4, -0.2) is 24.0 Å². The van der Waals surface area contributed by atoms with Gasteiger partial charge in [-0.1, -0.05) is 18.3 Å². The van der Waals surface area contributed by atoms with Crippen LogP contribution in [0.5, 0.6) is 5.75 Å². The zero-order valence-electron chi connectivity index (χ0n) is 11.0. The van der Waals surface area contributed by atoms with Gasteiger partial charge in [-0.25, -0.2) is 0 Å². The van der Waals surface area contributed by atoms with Crippen LogP contribution in [0.4, 0.5) is 18.9 Å². The minimum absolute atomic E-state index is 0.304. The molecule has 2 rings (SSSR count). The molecular weight excluding hydrogens is 305 g/mol. The molecule has 4 nitrogen and oxygen atoms in total. The molecule has 1 aromatic carbocycles. The van der Waals surface area contributed by atoms with E-state index in [1.54, 1.807) is 4.90 Å². The van der Waals surface area contributed by atoms with Crippen molar-refractivity contribution >= 4 is 28.5 Å². The monoisotopic (exact) mass is 316 g/mol. The molecule has 1 aliphatic heterocycles. The molecule has 0 bridgehead atoms. The smallest absolute Gasteiger partial charge is 0.406 e. The van der Waals surface area contributed by atoms with E-state index in [-0.39, 0.29) is 11.7 Å². The highest BCUT2D eigenvalue weighted by atomic mass is 32.2. The van der Waals surface area contributed by atoms with Crippen LogP contribution in [0, 0.1) is 0 Å². The molecule has 0 spiro atoms. The molecule has 0 aliphatic carbocycles. The van der Waals surface area contributed by atoms with Crippen LogP contribution >= 0.6 is 11.8 Å². The molecule has 1 aliphatic rings. The maximum absolute atomic E-state index is 12.1. The number of thioether (sulfide) groups is 1. The second-order valence-electron chi connectivity index (χ2n) is 4.18. The highest BCUT2D eigenvalue weighted by Gasteiger charge is 2.31. The van der Waals surface area contributed by atoms with Crippen LogP contribution in [0.15, 0.2) is 40.7 Å². The Morgan fingerprint density at radius 1 is 1.38 bits per heavy atom. The SMILES string of the molecule is C=C1CN(c2ccc(OC(F)(F)F)cc2)/C(=N/C(C)=O)S1. The Morgan fingerprint density at radius 2 is 2.00 bits per heavy atom. The highest BCUT2D eigenvalue weighted by Crippen LogP contribution is 2.33. The van der Waals surface area contributed by atoms with Crippen molar-refractivity contribution < 1.29 is 22.7 Å². The average molecular weight is 316 g/mol. The molecule has 1 saturated heterocycles. The molecule has 1 fully saturated rings. The minimum atomic E-state index is -4.72. The zero-order valence-corrected chi connectivity index (χ0v) is 11.8. The first-order chi connectivity index (χ1) is 9.74. The Hall–Kier alpha value is -1.96. The van der Waals surface area contributed by atoms with E-state index in [2.05, 4.69) is 16.3 Å². The Labute approximate surface area is 123 Å². The van der Waals surface area contributed by atoms with Crippen LogP contribution in [0.3, 0.4) is 0 Å². The third-order valence-corrected chi connectivity index (χ3v) is 3.35. The van der Waals surface area contributed by atoms with Gasteiger partial charge >= 0.3 is 6.36 Å². The van der Waals surface area contributed by atoms with E-state index < -0.39 is 6.36 Å². The molecule has 1 amide bonds. The number of nitrogens with zero attached hydrogens (tertiary/aromatic N) is 2. The summed E-state index contributed by atoms with van der Waals surface area (Å²) in [6, 6.07) is 5.35. The third-order valence-electron chi connectivity index (χ3n) is 2.44. The molecule has 0 aromatic heterocycles. The van der Waals surface area contributed by atoms with E-state index in [9.17, 15) is 18.0 Å². The number of rotatable bonds is 2. The summed E-state index contributed by atoms with van der Waals surface area (Å²) in [5.41, 5.74) is 0.607. The summed E-state index contributed by atoms with van der Waals surface area (Å²) in [7, 11) is 0. The van der Waals surface area contributed by atoms with Crippen molar-refractivity contribution in [1.82, 2.24) is 0 Å². The molecule has 21 heavy (non-hydrogen) atoms. The molecule has 0 radical (unpaired) electrons. The predicted octanol–water partition coefficient (Wildman–Crippen LogP) is 3.55. The lowest BCUT2D eigenvalue weighted by molar-refractivity contribution is -0.274. The molecule has 1 aromatic rings. The second-order valence-corrected chi connectivity index (χ2v) is 5.33. The third kappa shape index (κ3) is 4.25. The summed E-state index contributed by atoms with van der Waals surface area (Å²) in [5, 5.41) is 0.456. The lowest BCUT2D eigenvalue weighted by Gasteiger charge is -2.18. The molecular formula is C13H11F3N2O2S. The number of hydrogen-bond donors (Lipinski definition) is 0. The summed E-state index contributed by atoms with van der Waals surface area (Å²) >= 11 is 1.26. The Kier molecular flexibility index (Phi) is 4.26. The maximum Gasteiger partial charge on any atom is 0.573 e. The van der Waals surface area contributed by atoms with Gasteiger partial charge in [0.05, 0.1) is 6.54 Å². The number of aliphatic imine (C=N–C) groups is 1. The number of carbonyl (C=O) groups is 1. The van der Waals surface area contributed by atoms with Gasteiger partial charge in [-0.2, -0.15) is 4.99 Å². The summed E-state index contributed by atoms with van der Waals surface area (Å²) in [6.45, 7) is 5.58. The van der Waals surface area contributed by atoms with Crippen molar-refractivity contribution in [3.05, 3.63) is 35.7 Å². The fraction of sp³-hybridized carbons (Fsp3) is 0.231. The van der Waals surface area contributed by atoms with E-state index in [0.717, 1.165) is 4.91 Å². The van der Waals surface area contributed by atoms with E-state index in [4.69, 9.17) is 0 Å². The minimum Gasteiger partial charge on any atom is -0.406 e. The molecule has 8 heteroatoms. The second kappa shape index (κ2) is 5.80. The fourth-order valence-corrected chi connectivity index (χ4v) is 2.61. The van der Waals surface area contributed by atoms with Gasteiger partial charge < -0.3 is 9.64 Å². The van der Waals surface area contributed by atoms with E-state index in [1.165, 1.54) is 43.0 Å². The fourth-order valence-electron chi connectivity index (χ4n) is 1.71. The van der Waals surface area contributed by atoms with Crippen molar-refractivity contribution in [2.75, 3.05) is 11.4 Å². The number of alkyl halides is 3. The maximum atomic E-state index is 12.1.